The number of hydrogen-bond donors (Lipinski definition) is 2. The van der Waals surface area contributed by atoms with Crippen molar-refractivity contribution in [2.45, 2.75) is 32.2 Å². The van der Waals surface area contributed by atoms with Gasteiger partial charge in [0.25, 0.3) is 0 Å². The molecule has 98 valence electrons. The standard InChI is InChI=1S/C11H20N2O4/c1-2-5-13(8-10(14)15)11(16)12-9-3-6-17-7-4-9/h9H,2-8H2,1H3,(H,12,16)(H,14,15). The summed E-state index contributed by atoms with van der Waals surface area (Å²) >= 11 is 0. The van der Waals surface area contributed by atoms with Crippen LogP contribution in [-0.2, 0) is 9.53 Å². The SMILES string of the molecule is CCCN(CC(=O)O)C(=O)NC1CCOCC1. The molecule has 1 saturated heterocycles. The lowest BCUT2D eigenvalue weighted by Crippen LogP contribution is -2.48. The predicted molar refractivity (Wildman–Crippen MR) is 61.9 cm³/mol. The number of nitrogens with zero attached hydrogens (tertiary/aromatic N) is 1. The van der Waals surface area contributed by atoms with E-state index in [1.807, 2.05) is 6.92 Å². The summed E-state index contributed by atoms with van der Waals surface area (Å²) in [7, 11) is 0. The summed E-state index contributed by atoms with van der Waals surface area (Å²) in [5, 5.41) is 11.6. The lowest BCUT2D eigenvalue weighted by Gasteiger charge is -2.27. The number of carboxylic acid groups (broad SMARTS) is 1. The Morgan fingerprint density at radius 1 is 1.41 bits per heavy atom. The maximum atomic E-state index is 11.8. The first kappa shape index (κ1) is 13.8. The molecule has 1 heterocycles. The first-order valence-corrected chi connectivity index (χ1v) is 5.98. The van der Waals surface area contributed by atoms with E-state index < -0.39 is 5.97 Å². The van der Waals surface area contributed by atoms with Crippen molar-refractivity contribution in [2.75, 3.05) is 26.3 Å². The highest BCUT2D eigenvalue weighted by Crippen LogP contribution is 2.07. The molecule has 1 aliphatic rings. The van der Waals surface area contributed by atoms with Gasteiger partial charge in [0, 0.05) is 25.8 Å². The summed E-state index contributed by atoms with van der Waals surface area (Å²) in [5.74, 6) is -0.986. The molecular formula is C11H20N2O4. The van der Waals surface area contributed by atoms with Crippen molar-refractivity contribution in [2.24, 2.45) is 0 Å². The van der Waals surface area contributed by atoms with E-state index in [-0.39, 0.29) is 18.6 Å². The molecule has 2 N–H and O–H groups in total. The van der Waals surface area contributed by atoms with Crippen LogP contribution in [0.4, 0.5) is 4.79 Å². The van der Waals surface area contributed by atoms with Gasteiger partial charge in [0.1, 0.15) is 6.54 Å². The van der Waals surface area contributed by atoms with Crippen LogP contribution in [0, 0.1) is 0 Å². The first-order chi connectivity index (χ1) is 8.13. The molecule has 0 atom stereocenters. The zero-order valence-corrected chi connectivity index (χ0v) is 10.1. The summed E-state index contributed by atoms with van der Waals surface area (Å²) in [4.78, 5) is 23.8. The van der Waals surface area contributed by atoms with Crippen molar-refractivity contribution in [1.82, 2.24) is 10.2 Å². The fraction of sp³-hybridized carbons (Fsp3) is 0.818. The Labute approximate surface area is 101 Å². The average Bonchev–Trinajstić information content (AvgIpc) is 2.29. The molecule has 6 nitrogen and oxygen atoms in total. The van der Waals surface area contributed by atoms with Gasteiger partial charge >= 0.3 is 12.0 Å². The Balaban J connectivity index is 2.42. The Kier molecular flexibility index (Phi) is 5.76. The van der Waals surface area contributed by atoms with Gasteiger partial charge < -0.3 is 20.1 Å². The van der Waals surface area contributed by atoms with Gasteiger partial charge in [0.15, 0.2) is 0 Å². The molecule has 6 heteroatoms. The molecule has 0 aromatic carbocycles. The van der Waals surface area contributed by atoms with E-state index in [1.54, 1.807) is 0 Å². The normalized spacial score (nSPS) is 16.5. The second kappa shape index (κ2) is 7.11. The second-order valence-corrected chi connectivity index (χ2v) is 4.15. The van der Waals surface area contributed by atoms with E-state index >= 15 is 0 Å². The molecule has 0 bridgehead atoms. The lowest BCUT2D eigenvalue weighted by atomic mass is 10.1. The number of hydrogen-bond acceptors (Lipinski definition) is 3. The summed E-state index contributed by atoms with van der Waals surface area (Å²) in [6.07, 6.45) is 2.33. The number of carbonyl (C=O) groups excluding carboxylic acids is 1. The van der Waals surface area contributed by atoms with Crippen LogP contribution >= 0.6 is 0 Å². The number of rotatable bonds is 5. The number of aliphatic carboxylic acids is 1. The third-order valence-electron chi connectivity index (χ3n) is 2.66. The van der Waals surface area contributed by atoms with Gasteiger partial charge in [-0.3, -0.25) is 4.79 Å². The highest BCUT2D eigenvalue weighted by molar-refractivity contribution is 5.80. The minimum Gasteiger partial charge on any atom is -0.480 e. The quantitative estimate of drug-likeness (QED) is 0.745. The lowest BCUT2D eigenvalue weighted by molar-refractivity contribution is -0.137. The van der Waals surface area contributed by atoms with Crippen LogP contribution in [0.1, 0.15) is 26.2 Å². The Morgan fingerprint density at radius 3 is 2.59 bits per heavy atom. The molecule has 1 aliphatic heterocycles. The van der Waals surface area contributed by atoms with Crippen LogP contribution in [-0.4, -0.2) is 54.4 Å². The van der Waals surface area contributed by atoms with Gasteiger partial charge in [0.05, 0.1) is 0 Å². The van der Waals surface area contributed by atoms with E-state index in [0.29, 0.717) is 19.8 Å². The highest BCUT2D eigenvalue weighted by atomic mass is 16.5. The van der Waals surface area contributed by atoms with E-state index in [9.17, 15) is 9.59 Å². The number of nitrogens with one attached hydrogen (secondary N) is 1. The molecule has 0 saturated carbocycles. The summed E-state index contributed by atoms with van der Waals surface area (Å²) in [6, 6.07) is -0.189. The van der Waals surface area contributed by atoms with Gasteiger partial charge in [0.2, 0.25) is 0 Å². The molecule has 2 amide bonds. The molecule has 0 aromatic heterocycles. The van der Waals surface area contributed by atoms with Gasteiger partial charge in [-0.05, 0) is 19.3 Å². The number of amides is 2. The monoisotopic (exact) mass is 244 g/mol. The van der Waals surface area contributed by atoms with Gasteiger partial charge in [-0.2, -0.15) is 0 Å². The van der Waals surface area contributed by atoms with E-state index in [0.717, 1.165) is 19.3 Å². The second-order valence-electron chi connectivity index (χ2n) is 4.15. The Hall–Kier alpha value is -1.30. The Morgan fingerprint density at radius 2 is 2.06 bits per heavy atom. The van der Waals surface area contributed by atoms with Gasteiger partial charge in [-0.25, -0.2) is 4.79 Å². The largest absolute Gasteiger partial charge is 0.480 e. The maximum absolute atomic E-state index is 11.8. The van der Waals surface area contributed by atoms with Crippen molar-refractivity contribution in [3.8, 4) is 0 Å². The number of urea groups is 1. The fourth-order valence-electron chi connectivity index (χ4n) is 1.79. The van der Waals surface area contributed by atoms with E-state index in [4.69, 9.17) is 9.84 Å². The molecule has 0 aromatic rings. The summed E-state index contributed by atoms with van der Waals surface area (Å²) < 4.78 is 5.19. The third-order valence-corrected chi connectivity index (χ3v) is 2.66. The van der Waals surface area contributed by atoms with Crippen LogP contribution in [0.3, 0.4) is 0 Å². The molecule has 0 aliphatic carbocycles. The number of carbonyl (C=O) groups is 2. The smallest absolute Gasteiger partial charge is 0.323 e. The topological polar surface area (TPSA) is 78.9 Å². The van der Waals surface area contributed by atoms with Gasteiger partial charge in [-0.15, -0.1) is 0 Å². The molecular weight excluding hydrogens is 224 g/mol. The zero-order chi connectivity index (χ0) is 12.7. The third kappa shape index (κ3) is 5.04. The number of carboxylic acids is 1. The maximum Gasteiger partial charge on any atom is 0.323 e. The van der Waals surface area contributed by atoms with Gasteiger partial charge in [-0.1, -0.05) is 6.92 Å². The van der Waals surface area contributed by atoms with E-state index in [1.165, 1.54) is 4.90 Å². The van der Waals surface area contributed by atoms with Crippen LogP contribution in [0.25, 0.3) is 0 Å². The van der Waals surface area contributed by atoms with Crippen molar-refractivity contribution in [3.05, 3.63) is 0 Å². The minimum atomic E-state index is -0.986. The summed E-state index contributed by atoms with van der Waals surface area (Å²) in [6.45, 7) is 3.43. The van der Waals surface area contributed by atoms with Crippen LogP contribution in [0.5, 0.6) is 0 Å². The Bertz CT molecular complexity index is 264. The van der Waals surface area contributed by atoms with E-state index in [2.05, 4.69) is 5.32 Å². The van der Waals surface area contributed by atoms with Crippen LogP contribution < -0.4 is 5.32 Å². The van der Waals surface area contributed by atoms with Crippen molar-refractivity contribution in [3.63, 3.8) is 0 Å². The van der Waals surface area contributed by atoms with Crippen molar-refractivity contribution < 1.29 is 19.4 Å². The molecule has 17 heavy (non-hydrogen) atoms. The fourth-order valence-corrected chi connectivity index (χ4v) is 1.79. The predicted octanol–water partition coefficient (Wildman–Crippen LogP) is 0.672. The van der Waals surface area contributed by atoms with Crippen molar-refractivity contribution >= 4 is 12.0 Å². The molecule has 0 spiro atoms. The zero-order valence-electron chi connectivity index (χ0n) is 10.1. The molecule has 1 fully saturated rings. The first-order valence-electron chi connectivity index (χ1n) is 5.98. The van der Waals surface area contributed by atoms with Crippen LogP contribution in [0.2, 0.25) is 0 Å². The molecule has 1 rings (SSSR count). The number of ether oxygens (including phenoxy) is 1. The average molecular weight is 244 g/mol. The minimum absolute atomic E-state index is 0.101. The van der Waals surface area contributed by atoms with Crippen LogP contribution in [0.15, 0.2) is 0 Å². The molecule has 0 radical (unpaired) electrons. The summed E-state index contributed by atoms with van der Waals surface area (Å²) in [5.41, 5.74) is 0. The highest BCUT2D eigenvalue weighted by Gasteiger charge is 2.21. The van der Waals surface area contributed by atoms with Crippen molar-refractivity contribution in [1.29, 1.82) is 0 Å². The molecule has 0 unspecified atom stereocenters.